The molecule has 3 rings (SSSR count). The number of benzene rings is 1. The molecule has 0 saturated heterocycles. The number of amides is 1. The van der Waals surface area contributed by atoms with Gasteiger partial charge in [-0.1, -0.05) is 18.2 Å². The predicted octanol–water partition coefficient (Wildman–Crippen LogP) is 3.23. The van der Waals surface area contributed by atoms with E-state index in [1.165, 1.54) is 6.07 Å². The first-order valence-electron chi connectivity index (χ1n) is 7.46. The molecule has 3 aromatic rings. The lowest BCUT2D eigenvalue weighted by atomic mass is 10.1. The number of para-hydroxylation sites is 1. The Morgan fingerprint density at radius 3 is 2.61 bits per heavy atom. The number of pyridine rings is 1. The molecule has 1 atom stereocenters. The van der Waals surface area contributed by atoms with Crippen LogP contribution in [0, 0.1) is 13.8 Å². The number of aromatic nitrogens is 1. The Balaban J connectivity index is 1.88. The molecule has 2 aromatic heterocycles. The van der Waals surface area contributed by atoms with E-state index in [0.717, 1.165) is 16.5 Å². The van der Waals surface area contributed by atoms with Crippen molar-refractivity contribution in [3.05, 3.63) is 69.3 Å². The molecule has 118 valence electrons. The molecule has 1 amide bonds. The molecular weight excluding hydrogens is 292 g/mol. The zero-order valence-electron chi connectivity index (χ0n) is 13.3. The van der Waals surface area contributed by atoms with Gasteiger partial charge in [0.15, 0.2) is 0 Å². The molecule has 0 fully saturated rings. The predicted molar refractivity (Wildman–Crippen MR) is 88.6 cm³/mol. The number of carbonyl (C=O) groups excluding carboxylic acids is 1. The van der Waals surface area contributed by atoms with Crippen LogP contribution in [0.25, 0.3) is 11.0 Å². The zero-order chi connectivity index (χ0) is 16.6. The van der Waals surface area contributed by atoms with Crippen molar-refractivity contribution in [2.24, 2.45) is 0 Å². The maximum absolute atomic E-state index is 12.3. The smallest absolute Gasteiger partial charge is 0.260 e. The highest BCUT2D eigenvalue weighted by molar-refractivity contribution is 5.94. The van der Waals surface area contributed by atoms with Gasteiger partial charge in [0.25, 0.3) is 11.5 Å². The van der Waals surface area contributed by atoms with Crippen molar-refractivity contribution in [2.75, 3.05) is 0 Å². The first kappa shape index (κ1) is 15.1. The molecule has 0 aliphatic carbocycles. The van der Waals surface area contributed by atoms with Crippen LogP contribution in [0.2, 0.25) is 0 Å². The number of fused-ring (bicyclic) bond motifs is 1. The topological polar surface area (TPSA) is 75.1 Å². The molecule has 0 saturated carbocycles. The van der Waals surface area contributed by atoms with Gasteiger partial charge in [0.05, 0.1) is 6.04 Å². The first-order valence-corrected chi connectivity index (χ1v) is 7.46. The van der Waals surface area contributed by atoms with Crippen LogP contribution in [0.15, 0.2) is 45.6 Å². The van der Waals surface area contributed by atoms with Crippen LogP contribution >= 0.6 is 0 Å². The number of carbonyl (C=O) groups is 1. The van der Waals surface area contributed by atoms with Gasteiger partial charge < -0.3 is 14.7 Å². The first-order chi connectivity index (χ1) is 11.0. The zero-order valence-corrected chi connectivity index (χ0v) is 13.3. The Morgan fingerprint density at radius 1 is 1.17 bits per heavy atom. The number of H-pyrrole nitrogens is 1. The van der Waals surface area contributed by atoms with Crippen LogP contribution in [0.5, 0.6) is 0 Å². The summed E-state index contributed by atoms with van der Waals surface area (Å²) in [7, 11) is 0. The average Bonchev–Trinajstić information content (AvgIpc) is 2.85. The van der Waals surface area contributed by atoms with Crippen molar-refractivity contribution in [3.63, 3.8) is 0 Å². The molecule has 5 nitrogen and oxygen atoms in total. The number of furan rings is 1. The quantitative estimate of drug-likeness (QED) is 0.780. The highest BCUT2D eigenvalue weighted by atomic mass is 16.3. The third-order valence-corrected chi connectivity index (χ3v) is 3.92. The van der Waals surface area contributed by atoms with E-state index in [9.17, 15) is 9.59 Å². The lowest BCUT2D eigenvalue weighted by Crippen LogP contribution is -2.31. The normalized spacial score (nSPS) is 12.3. The fraction of sp³-hybridized carbons (Fsp3) is 0.222. The fourth-order valence-corrected chi connectivity index (χ4v) is 2.70. The summed E-state index contributed by atoms with van der Waals surface area (Å²) in [5.74, 6) is 0.279. The summed E-state index contributed by atoms with van der Waals surface area (Å²) in [6.45, 7) is 5.57. The summed E-state index contributed by atoms with van der Waals surface area (Å²) in [5.41, 5.74) is 2.19. The molecule has 2 N–H and O–H groups in total. The molecule has 0 spiro atoms. The maximum atomic E-state index is 12.3. The summed E-state index contributed by atoms with van der Waals surface area (Å²) < 4.78 is 5.85. The van der Waals surface area contributed by atoms with Crippen molar-refractivity contribution >= 4 is 16.9 Å². The SMILES string of the molecule is Cc1ccc(C(=O)NC(C)c2oc3ccccc3c2C)c(=O)[nH]1. The monoisotopic (exact) mass is 310 g/mol. The molecule has 1 unspecified atom stereocenters. The Hall–Kier alpha value is -2.82. The van der Waals surface area contributed by atoms with E-state index in [0.29, 0.717) is 11.5 Å². The van der Waals surface area contributed by atoms with Gasteiger partial charge in [-0.2, -0.15) is 0 Å². The summed E-state index contributed by atoms with van der Waals surface area (Å²) in [6, 6.07) is 10.6. The summed E-state index contributed by atoms with van der Waals surface area (Å²) in [6.07, 6.45) is 0. The molecule has 2 heterocycles. The van der Waals surface area contributed by atoms with Crippen LogP contribution in [-0.2, 0) is 0 Å². The van der Waals surface area contributed by atoms with E-state index in [1.54, 1.807) is 13.0 Å². The maximum Gasteiger partial charge on any atom is 0.260 e. The largest absolute Gasteiger partial charge is 0.459 e. The van der Waals surface area contributed by atoms with Crippen molar-refractivity contribution in [2.45, 2.75) is 26.8 Å². The Kier molecular flexibility index (Phi) is 3.78. The van der Waals surface area contributed by atoms with E-state index in [2.05, 4.69) is 10.3 Å². The Morgan fingerprint density at radius 2 is 1.91 bits per heavy atom. The number of rotatable bonds is 3. The summed E-state index contributed by atoms with van der Waals surface area (Å²) in [4.78, 5) is 26.8. The van der Waals surface area contributed by atoms with Crippen molar-refractivity contribution in [1.29, 1.82) is 0 Å². The van der Waals surface area contributed by atoms with Crippen LogP contribution < -0.4 is 10.9 Å². The summed E-state index contributed by atoms with van der Waals surface area (Å²) in [5, 5.41) is 3.85. The number of hydrogen-bond acceptors (Lipinski definition) is 3. The third-order valence-electron chi connectivity index (χ3n) is 3.92. The number of nitrogens with one attached hydrogen (secondary N) is 2. The molecule has 1 aromatic carbocycles. The molecule has 5 heteroatoms. The minimum absolute atomic E-state index is 0.0937. The standard InChI is InChI=1S/C18H18N2O3/c1-10-8-9-14(17(21)19-10)18(22)20-12(3)16-11(2)13-6-4-5-7-15(13)23-16/h4-9,12H,1-3H3,(H,19,21)(H,20,22). The van der Waals surface area contributed by atoms with Crippen LogP contribution in [0.4, 0.5) is 0 Å². The van der Waals surface area contributed by atoms with Gasteiger partial charge >= 0.3 is 0 Å². The lowest BCUT2D eigenvalue weighted by Gasteiger charge is -2.12. The second kappa shape index (κ2) is 5.76. The van der Waals surface area contributed by atoms with E-state index in [-0.39, 0.29) is 11.6 Å². The van der Waals surface area contributed by atoms with Gasteiger partial charge in [-0.3, -0.25) is 9.59 Å². The second-order valence-corrected chi connectivity index (χ2v) is 5.67. The van der Waals surface area contributed by atoms with E-state index >= 15 is 0 Å². The number of aromatic amines is 1. The average molecular weight is 310 g/mol. The number of hydrogen-bond donors (Lipinski definition) is 2. The fourth-order valence-electron chi connectivity index (χ4n) is 2.70. The molecule has 0 aliphatic rings. The highest BCUT2D eigenvalue weighted by Crippen LogP contribution is 2.29. The molecular formula is C18H18N2O3. The van der Waals surface area contributed by atoms with E-state index in [4.69, 9.17) is 4.42 Å². The van der Waals surface area contributed by atoms with Crippen LogP contribution in [-0.4, -0.2) is 10.9 Å². The van der Waals surface area contributed by atoms with Gasteiger partial charge in [0.2, 0.25) is 0 Å². The minimum Gasteiger partial charge on any atom is -0.459 e. The van der Waals surface area contributed by atoms with Crippen LogP contribution in [0.1, 0.15) is 40.3 Å². The molecule has 0 aliphatic heterocycles. The van der Waals surface area contributed by atoms with E-state index < -0.39 is 11.5 Å². The van der Waals surface area contributed by atoms with Crippen LogP contribution in [0.3, 0.4) is 0 Å². The second-order valence-electron chi connectivity index (χ2n) is 5.67. The highest BCUT2D eigenvalue weighted by Gasteiger charge is 2.20. The van der Waals surface area contributed by atoms with Gasteiger partial charge in [0.1, 0.15) is 16.9 Å². The van der Waals surface area contributed by atoms with Crippen molar-refractivity contribution < 1.29 is 9.21 Å². The Bertz CT molecular complexity index is 937. The minimum atomic E-state index is -0.418. The third kappa shape index (κ3) is 2.77. The van der Waals surface area contributed by atoms with E-state index in [1.807, 2.05) is 38.1 Å². The lowest BCUT2D eigenvalue weighted by molar-refractivity contribution is 0.0934. The van der Waals surface area contributed by atoms with Gasteiger partial charge in [0, 0.05) is 16.6 Å². The molecule has 23 heavy (non-hydrogen) atoms. The number of aryl methyl sites for hydroxylation is 2. The van der Waals surface area contributed by atoms with Crippen molar-refractivity contribution in [3.8, 4) is 0 Å². The van der Waals surface area contributed by atoms with Gasteiger partial charge in [-0.05, 0) is 39.0 Å². The van der Waals surface area contributed by atoms with Gasteiger partial charge in [-0.25, -0.2) is 0 Å². The summed E-state index contributed by atoms with van der Waals surface area (Å²) >= 11 is 0. The Labute approximate surface area is 133 Å². The molecule has 0 bridgehead atoms. The van der Waals surface area contributed by atoms with Crippen molar-refractivity contribution in [1.82, 2.24) is 10.3 Å². The van der Waals surface area contributed by atoms with Gasteiger partial charge in [-0.15, -0.1) is 0 Å². The molecule has 0 radical (unpaired) electrons.